The molecule has 1 aliphatic rings. The van der Waals surface area contributed by atoms with Crippen LogP contribution in [-0.4, -0.2) is 87.8 Å². The standard InChI is InChI=1S/C15H21N3O5S.C7H7NO4S/c1-5-22-13(20)12-17-10(8-24-12)11(19)16-9-6-18(7-9)14(21)23-15(2,3)4;1-2-12-7(11)5-8-4(3-13-5)6(9)10/h8-9H,5-7H2,1-4H3,(H,16,19);3H,2H2,1H3,(H,9,10). The maximum atomic E-state index is 12.1. The normalized spacial score (nSPS) is 12.9. The van der Waals surface area contributed by atoms with Crippen LogP contribution >= 0.6 is 22.7 Å². The van der Waals surface area contributed by atoms with Gasteiger partial charge in [0.25, 0.3) is 5.91 Å². The molecule has 0 aromatic carbocycles. The molecule has 0 saturated carbocycles. The number of hydrogen-bond donors (Lipinski definition) is 2. The van der Waals surface area contributed by atoms with Crippen molar-refractivity contribution in [2.75, 3.05) is 26.3 Å². The predicted molar refractivity (Wildman–Crippen MR) is 132 cm³/mol. The van der Waals surface area contributed by atoms with Crippen LogP contribution in [0.5, 0.6) is 0 Å². The van der Waals surface area contributed by atoms with Crippen LogP contribution in [0.2, 0.25) is 0 Å². The minimum atomic E-state index is -1.15. The number of carbonyl (C=O) groups is 5. The topological polar surface area (TPSA) is 174 Å². The van der Waals surface area contributed by atoms with Crippen molar-refractivity contribution >= 4 is 52.6 Å². The lowest BCUT2D eigenvalue weighted by atomic mass is 10.1. The van der Waals surface area contributed by atoms with Gasteiger partial charge in [-0.25, -0.2) is 29.1 Å². The van der Waals surface area contributed by atoms with Gasteiger partial charge in [-0.1, -0.05) is 0 Å². The maximum absolute atomic E-state index is 12.1. The van der Waals surface area contributed by atoms with Gasteiger partial charge in [0.05, 0.1) is 19.3 Å². The lowest BCUT2D eigenvalue weighted by Crippen LogP contribution is -2.61. The third-order valence-electron chi connectivity index (χ3n) is 4.23. The molecule has 2 N–H and O–H groups in total. The van der Waals surface area contributed by atoms with E-state index in [1.807, 2.05) is 0 Å². The monoisotopic (exact) mass is 556 g/mol. The summed E-state index contributed by atoms with van der Waals surface area (Å²) in [5.41, 5.74) is -0.512. The first-order chi connectivity index (χ1) is 17.3. The summed E-state index contributed by atoms with van der Waals surface area (Å²) in [6.45, 7) is 10.0. The molecule has 202 valence electrons. The van der Waals surface area contributed by atoms with Crippen LogP contribution in [0.15, 0.2) is 10.8 Å². The Balaban J connectivity index is 0.000000312. The van der Waals surface area contributed by atoms with Crippen LogP contribution in [0.1, 0.15) is 75.2 Å². The smallest absolute Gasteiger partial charge is 0.410 e. The highest BCUT2D eigenvalue weighted by molar-refractivity contribution is 7.12. The quantitative estimate of drug-likeness (QED) is 0.379. The Labute approximate surface area is 220 Å². The number of hydrogen-bond acceptors (Lipinski definition) is 12. The molecule has 2 aromatic rings. The van der Waals surface area contributed by atoms with Gasteiger partial charge in [0, 0.05) is 23.8 Å². The molecule has 0 atom stereocenters. The van der Waals surface area contributed by atoms with E-state index in [2.05, 4.69) is 20.0 Å². The molecule has 2 aromatic heterocycles. The zero-order valence-electron chi connectivity index (χ0n) is 20.9. The highest BCUT2D eigenvalue weighted by Crippen LogP contribution is 2.16. The van der Waals surface area contributed by atoms with E-state index in [-0.39, 0.29) is 46.6 Å². The fourth-order valence-corrected chi connectivity index (χ4v) is 4.00. The fraction of sp³-hybridized carbons (Fsp3) is 0.500. The van der Waals surface area contributed by atoms with Gasteiger partial charge in [-0.05, 0) is 34.6 Å². The Morgan fingerprint density at radius 2 is 1.46 bits per heavy atom. The molecule has 1 aliphatic heterocycles. The number of likely N-dealkylation sites (tertiary alicyclic amines) is 1. The van der Waals surface area contributed by atoms with E-state index in [4.69, 9.17) is 14.6 Å². The van der Waals surface area contributed by atoms with Crippen molar-refractivity contribution in [2.24, 2.45) is 0 Å². The van der Waals surface area contributed by atoms with Crippen molar-refractivity contribution in [3.63, 3.8) is 0 Å². The van der Waals surface area contributed by atoms with E-state index in [9.17, 15) is 24.0 Å². The molecular formula is C22H28N4O9S2. The molecule has 0 unspecified atom stereocenters. The molecule has 3 heterocycles. The van der Waals surface area contributed by atoms with Gasteiger partial charge in [-0.2, -0.15) is 0 Å². The number of rotatable bonds is 7. The zero-order valence-corrected chi connectivity index (χ0v) is 22.6. The highest BCUT2D eigenvalue weighted by Gasteiger charge is 2.35. The van der Waals surface area contributed by atoms with Crippen LogP contribution in [0, 0.1) is 0 Å². The number of carbonyl (C=O) groups excluding carboxylic acids is 4. The summed E-state index contributed by atoms with van der Waals surface area (Å²) >= 11 is 2.02. The molecule has 3 rings (SSSR count). The van der Waals surface area contributed by atoms with Gasteiger partial charge in [-0.15, -0.1) is 22.7 Å². The summed E-state index contributed by atoms with van der Waals surface area (Å²) in [7, 11) is 0. The van der Waals surface area contributed by atoms with Crippen LogP contribution < -0.4 is 5.32 Å². The van der Waals surface area contributed by atoms with Crippen molar-refractivity contribution in [2.45, 2.75) is 46.3 Å². The van der Waals surface area contributed by atoms with Gasteiger partial charge in [0.1, 0.15) is 11.3 Å². The van der Waals surface area contributed by atoms with Crippen molar-refractivity contribution in [3.8, 4) is 0 Å². The lowest BCUT2D eigenvalue weighted by molar-refractivity contribution is 0.00527. The second kappa shape index (κ2) is 13.1. The summed E-state index contributed by atoms with van der Waals surface area (Å²) < 4.78 is 14.7. The van der Waals surface area contributed by atoms with E-state index < -0.39 is 29.6 Å². The summed E-state index contributed by atoms with van der Waals surface area (Å²) in [5.74, 6) is -2.65. The summed E-state index contributed by atoms with van der Waals surface area (Å²) in [5, 5.41) is 14.3. The molecular weight excluding hydrogens is 528 g/mol. The van der Waals surface area contributed by atoms with Gasteiger partial charge < -0.3 is 29.5 Å². The zero-order chi connectivity index (χ0) is 27.8. The van der Waals surface area contributed by atoms with E-state index in [0.717, 1.165) is 22.7 Å². The summed E-state index contributed by atoms with van der Waals surface area (Å²) in [6, 6.07) is -0.155. The largest absolute Gasteiger partial charge is 0.476 e. The molecule has 1 saturated heterocycles. The van der Waals surface area contributed by atoms with Gasteiger partial charge >= 0.3 is 24.0 Å². The molecule has 0 aliphatic carbocycles. The molecule has 37 heavy (non-hydrogen) atoms. The third kappa shape index (κ3) is 9.09. The number of nitrogens with one attached hydrogen (secondary N) is 1. The van der Waals surface area contributed by atoms with Gasteiger partial charge in [0.2, 0.25) is 10.0 Å². The van der Waals surface area contributed by atoms with E-state index >= 15 is 0 Å². The first-order valence-electron chi connectivity index (χ1n) is 11.1. The molecule has 13 nitrogen and oxygen atoms in total. The Bertz CT molecular complexity index is 1130. The van der Waals surface area contributed by atoms with E-state index in [1.165, 1.54) is 15.7 Å². The molecule has 2 amide bonds. The van der Waals surface area contributed by atoms with Crippen molar-refractivity contribution in [1.82, 2.24) is 20.2 Å². The van der Waals surface area contributed by atoms with Crippen molar-refractivity contribution < 1.29 is 43.3 Å². The average Bonchev–Trinajstić information content (AvgIpc) is 3.45. The van der Waals surface area contributed by atoms with E-state index in [0.29, 0.717) is 13.1 Å². The molecule has 15 heteroatoms. The molecule has 0 spiro atoms. The second-order valence-electron chi connectivity index (χ2n) is 8.38. The minimum Gasteiger partial charge on any atom is -0.476 e. The summed E-state index contributed by atoms with van der Waals surface area (Å²) in [4.78, 5) is 65.9. The Hall–Kier alpha value is -3.59. The predicted octanol–water partition coefficient (Wildman–Crippen LogP) is 2.69. The van der Waals surface area contributed by atoms with Crippen LogP contribution in [0.25, 0.3) is 0 Å². The van der Waals surface area contributed by atoms with Gasteiger partial charge in [0.15, 0.2) is 5.69 Å². The first kappa shape index (κ1) is 29.6. The Morgan fingerprint density at radius 1 is 0.973 bits per heavy atom. The van der Waals surface area contributed by atoms with Crippen LogP contribution in [-0.2, 0) is 14.2 Å². The number of carboxylic acids is 1. The number of amides is 2. The Kier molecular flexibility index (Phi) is 10.5. The third-order valence-corrected chi connectivity index (χ3v) is 5.87. The number of aromatic carboxylic acids is 1. The van der Waals surface area contributed by atoms with Crippen molar-refractivity contribution in [3.05, 3.63) is 32.2 Å². The second-order valence-corrected chi connectivity index (χ2v) is 10.1. The lowest BCUT2D eigenvalue weighted by Gasteiger charge is -2.39. The highest BCUT2D eigenvalue weighted by atomic mass is 32.1. The molecule has 0 radical (unpaired) electrons. The van der Waals surface area contributed by atoms with Gasteiger partial charge in [-0.3, -0.25) is 4.79 Å². The number of carboxylic acid groups (broad SMARTS) is 1. The number of aromatic nitrogens is 2. The summed E-state index contributed by atoms with van der Waals surface area (Å²) in [6.07, 6.45) is -0.397. The Morgan fingerprint density at radius 3 is 1.89 bits per heavy atom. The number of ether oxygens (including phenoxy) is 3. The average molecular weight is 557 g/mol. The van der Waals surface area contributed by atoms with Crippen LogP contribution in [0.4, 0.5) is 4.79 Å². The minimum absolute atomic E-state index is 0.0688. The number of esters is 2. The molecule has 0 bridgehead atoms. The van der Waals surface area contributed by atoms with Crippen molar-refractivity contribution in [1.29, 1.82) is 0 Å². The van der Waals surface area contributed by atoms with E-state index in [1.54, 1.807) is 34.6 Å². The maximum Gasteiger partial charge on any atom is 0.410 e. The van der Waals surface area contributed by atoms with Crippen LogP contribution in [0.3, 0.4) is 0 Å². The number of thiazole rings is 2. The molecule has 1 fully saturated rings. The SMILES string of the molecule is CCOC(=O)c1nc(C(=O)NC2CN(C(=O)OC(C)(C)C)C2)cs1.CCOC(=O)c1nc(C(=O)O)cs1. The fourth-order valence-electron chi connectivity index (χ4n) is 2.63. The first-order valence-corrected chi connectivity index (χ1v) is 12.9. The number of nitrogens with zero attached hydrogens (tertiary/aromatic N) is 3.